The van der Waals surface area contributed by atoms with Gasteiger partial charge in [0.1, 0.15) is 6.61 Å². The molecule has 1 saturated carbocycles. The van der Waals surface area contributed by atoms with Gasteiger partial charge in [-0.2, -0.15) is 0 Å². The third kappa shape index (κ3) is 3.98. The van der Waals surface area contributed by atoms with E-state index in [2.05, 4.69) is 17.4 Å². The lowest BCUT2D eigenvalue weighted by Gasteiger charge is -2.21. The van der Waals surface area contributed by atoms with E-state index in [9.17, 15) is 0 Å². The van der Waals surface area contributed by atoms with E-state index in [4.69, 9.17) is 9.72 Å². The lowest BCUT2D eigenvalue weighted by Crippen LogP contribution is -2.16. The van der Waals surface area contributed by atoms with E-state index in [1.54, 1.807) is 0 Å². The van der Waals surface area contributed by atoms with Crippen LogP contribution in [-0.4, -0.2) is 18.1 Å². The zero-order valence-corrected chi connectivity index (χ0v) is 12.7. The first kappa shape index (κ1) is 16.5. The smallest absolute Gasteiger partial charge is 0.218 e. The highest BCUT2D eigenvalue weighted by Crippen LogP contribution is 2.33. The van der Waals surface area contributed by atoms with E-state index < -0.39 is 0 Å². The Hall–Kier alpha value is -0.510. The maximum atomic E-state index is 5.71. The molecule has 1 aliphatic heterocycles. The third-order valence-electron chi connectivity index (χ3n) is 3.82. The molecule has 0 atom stereocenters. The molecule has 0 radical (unpaired) electrons. The number of halogens is 2. The van der Waals surface area contributed by atoms with Crippen molar-refractivity contribution in [1.82, 2.24) is 10.3 Å². The number of nitrogens with one attached hydrogen (secondary N) is 1. The fourth-order valence-corrected chi connectivity index (χ4v) is 2.81. The van der Waals surface area contributed by atoms with Crippen LogP contribution < -0.4 is 10.1 Å². The first-order valence-corrected chi connectivity index (χ1v) is 6.77. The Morgan fingerprint density at radius 2 is 1.89 bits per heavy atom. The van der Waals surface area contributed by atoms with E-state index in [1.165, 1.54) is 43.4 Å². The molecule has 1 aromatic heterocycles. The molecule has 0 saturated heterocycles. The molecule has 19 heavy (non-hydrogen) atoms. The minimum atomic E-state index is 0. The maximum Gasteiger partial charge on any atom is 0.218 e. The number of aromatic nitrogens is 1. The van der Waals surface area contributed by atoms with Crippen molar-refractivity contribution in [3.63, 3.8) is 0 Å². The van der Waals surface area contributed by atoms with Crippen LogP contribution in [0.1, 0.15) is 49.3 Å². The Balaban J connectivity index is 0.000000902. The van der Waals surface area contributed by atoms with Gasteiger partial charge in [0.05, 0.1) is 0 Å². The molecular formula is C14H22Cl2N2O. The maximum absolute atomic E-state index is 5.71. The molecule has 1 aliphatic carbocycles. The van der Waals surface area contributed by atoms with Crippen LogP contribution in [0, 0.1) is 0 Å². The summed E-state index contributed by atoms with van der Waals surface area (Å²) in [5, 5.41) is 3.34. The monoisotopic (exact) mass is 304 g/mol. The van der Waals surface area contributed by atoms with Gasteiger partial charge >= 0.3 is 0 Å². The molecule has 0 unspecified atom stereocenters. The molecule has 0 spiro atoms. The summed E-state index contributed by atoms with van der Waals surface area (Å²) < 4.78 is 5.71. The van der Waals surface area contributed by atoms with E-state index in [0.717, 1.165) is 25.6 Å². The second-order valence-electron chi connectivity index (χ2n) is 5.06. The summed E-state index contributed by atoms with van der Waals surface area (Å²) in [6.45, 7) is 2.52. The quantitative estimate of drug-likeness (QED) is 0.863. The van der Waals surface area contributed by atoms with Crippen molar-refractivity contribution < 1.29 is 4.74 Å². The van der Waals surface area contributed by atoms with Crippen molar-refractivity contribution in [2.45, 2.75) is 44.6 Å². The number of fused-ring (bicyclic) bond motifs is 1. The zero-order valence-electron chi connectivity index (χ0n) is 11.1. The first-order valence-electron chi connectivity index (χ1n) is 6.77. The van der Waals surface area contributed by atoms with Crippen LogP contribution in [-0.2, 0) is 6.54 Å². The predicted octanol–water partition coefficient (Wildman–Crippen LogP) is 3.45. The molecule has 2 heterocycles. The number of nitrogens with zero attached hydrogens (tertiary/aromatic N) is 1. The Labute approximate surface area is 127 Å². The summed E-state index contributed by atoms with van der Waals surface area (Å²) in [7, 11) is 0. The second-order valence-corrected chi connectivity index (χ2v) is 5.06. The highest BCUT2D eigenvalue weighted by Gasteiger charge is 2.19. The highest BCUT2D eigenvalue weighted by molar-refractivity contribution is 5.85. The van der Waals surface area contributed by atoms with Gasteiger partial charge < -0.3 is 10.1 Å². The molecule has 1 N–H and O–H groups in total. The van der Waals surface area contributed by atoms with E-state index in [0.29, 0.717) is 5.92 Å². The van der Waals surface area contributed by atoms with E-state index >= 15 is 0 Å². The highest BCUT2D eigenvalue weighted by atomic mass is 35.5. The van der Waals surface area contributed by atoms with Gasteiger partial charge in [0, 0.05) is 30.3 Å². The molecule has 1 aromatic rings. The standard InChI is InChI=1S/C14H20N2O.2ClH/c1-2-4-11(5-3-1)13-7-6-12-10-15-8-9-17-14(12)16-13;;/h6-7,11,15H,1-5,8-10H2;2*1H. The van der Waals surface area contributed by atoms with Crippen LogP contribution in [0.2, 0.25) is 0 Å². The van der Waals surface area contributed by atoms with Gasteiger partial charge in [-0.3, -0.25) is 0 Å². The second kappa shape index (κ2) is 7.93. The normalized spacial score (nSPS) is 19.2. The summed E-state index contributed by atoms with van der Waals surface area (Å²) >= 11 is 0. The van der Waals surface area contributed by atoms with Crippen molar-refractivity contribution in [2.24, 2.45) is 0 Å². The van der Waals surface area contributed by atoms with Gasteiger partial charge in [-0.1, -0.05) is 25.3 Å². The average Bonchev–Trinajstić information content (AvgIpc) is 2.64. The minimum Gasteiger partial charge on any atom is -0.476 e. The van der Waals surface area contributed by atoms with Crippen molar-refractivity contribution in [3.05, 3.63) is 23.4 Å². The van der Waals surface area contributed by atoms with Crippen LogP contribution >= 0.6 is 24.8 Å². The fraction of sp³-hybridized carbons (Fsp3) is 0.643. The molecule has 3 rings (SSSR count). The summed E-state index contributed by atoms with van der Waals surface area (Å²) in [5.74, 6) is 1.52. The fourth-order valence-electron chi connectivity index (χ4n) is 2.81. The van der Waals surface area contributed by atoms with Gasteiger partial charge in [-0.15, -0.1) is 24.8 Å². The number of hydrogen-bond acceptors (Lipinski definition) is 3. The van der Waals surface area contributed by atoms with Crippen LogP contribution in [0.4, 0.5) is 0 Å². The van der Waals surface area contributed by atoms with Crippen LogP contribution in [0.5, 0.6) is 5.88 Å². The van der Waals surface area contributed by atoms with Gasteiger partial charge in [0.25, 0.3) is 0 Å². The number of hydrogen-bond donors (Lipinski definition) is 1. The van der Waals surface area contributed by atoms with Gasteiger partial charge in [-0.05, 0) is 18.9 Å². The van der Waals surface area contributed by atoms with E-state index in [-0.39, 0.29) is 24.8 Å². The summed E-state index contributed by atoms with van der Waals surface area (Å²) in [4.78, 5) is 4.73. The molecule has 108 valence electrons. The Morgan fingerprint density at radius 1 is 1.11 bits per heavy atom. The van der Waals surface area contributed by atoms with Gasteiger partial charge in [0.15, 0.2) is 0 Å². The van der Waals surface area contributed by atoms with Crippen molar-refractivity contribution in [1.29, 1.82) is 0 Å². The lowest BCUT2D eigenvalue weighted by atomic mass is 9.86. The Kier molecular flexibility index (Phi) is 6.90. The molecule has 3 nitrogen and oxygen atoms in total. The molecule has 0 bridgehead atoms. The van der Waals surface area contributed by atoms with Crippen LogP contribution in [0.25, 0.3) is 0 Å². The van der Waals surface area contributed by atoms with Crippen molar-refractivity contribution >= 4 is 24.8 Å². The Morgan fingerprint density at radius 3 is 2.68 bits per heavy atom. The van der Waals surface area contributed by atoms with Gasteiger partial charge in [0.2, 0.25) is 5.88 Å². The topological polar surface area (TPSA) is 34.1 Å². The minimum absolute atomic E-state index is 0. The average molecular weight is 305 g/mol. The molecular weight excluding hydrogens is 283 g/mol. The molecule has 0 amide bonds. The van der Waals surface area contributed by atoms with Crippen molar-refractivity contribution in [2.75, 3.05) is 13.2 Å². The number of rotatable bonds is 1. The van der Waals surface area contributed by atoms with Crippen LogP contribution in [0.3, 0.4) is 0 Å². The van der Waals surface area contributed by atoms with Gasteiger partial charge in [-0.25, -0.2) is 4.98 Å². The summed E-state index contributed by atoms with van der Waals surface area (Å²) in [6.07, 6.45) is 6.69. The van der Waals surface area contributed by atoms with E-state index in [1.807, 2.05) is 0 Å². The molecule has 2 aliphatic rings. The number of ether oxygens (including phenoxy) is 1. The SMILES string of the molecule is Cl.Cl.c1cc2c(nc1C1CCCCC1)OCCNC2. The zero-order chi connectivity index (χ0) is 11.5. The predicted molar refractivity (Wildman–Crippen MR) is 81.8 cm³/mol. The molecule has 5 heteroatoms. The lowest BCUT2D eigenvalue weighted by molar-refractivity contribution is 0.311. The number of pyridine rings is 1. The first-order chi connectivity index (χ1) is 8.43. The summed E-state index contributed by atoms with van der Waals surface area (Å²) in [6, 6.07) is 4.38. The third-order valence-corrected chi connectivity index (χ3v) is 3.82. The molecule has 1 fully saturated rings. The van der Waals surface area contributed by atoms with Crippen LogP contribution in [0.15, 0.2) is 12.1 Å². The molecule has 0 aromatic carbocycles. The largest absolute Gasteiger partial charge is 0.476 e. The summed E-state index contributed by atoms with van der Waals surface area (Å²) in [5.41, 5.74) is 2.44. The Bertz CT molecular complexity index is 395. The van der Waals surface area contributed by atoms with Crippen molar-refractivity contribution in [3.8, 4) is 5.88 Å².